The Kier molecular flexibility index (Phi) is 6.54. The van der Waals surface area contributed by atoms with Gasteiger partial charge in [0.25, 0.3) is 0 Å². The van der Waals surface area contributed by atoms with E-state index in [2.05, 4.69) is 0 Å². The van der Waals surface area contributed by atoms with Crippen LogP contribution >= 0.6 is 0 Å². The van der Waals surface area contributed by atoms with Crippen LogP contribution in [0.25, 0.3) is 0 Å². The summed E-state index contributed by atoms with van der Waals surface area (Å²) in [6.45, 7) is 0. The van der Waals surface area contributed by atoms with Gasteiger partial charge in [0.05, 0.1) is 10.1 Å². The summed E-state index contributed by atoms with van der Waals surface area (Å²) in [6, 6.07) is 0. The molecule has 0 heterocycles. The summed E-state index contributed by atoms with van der Waals surface area (Å²) in [7, 11) is -3.92. The smallest absolute Gasteiger partial charge is 0.748 e. The van der Waals surface area contributed by atoms with E-state index in [1.54, 1.807) is 0 Å². The average molecular weight is 181 g/mol. The maximum atomic E-state index is 9.08. The summed E-state index contributed by atoms with van der Waals surface area (Å²) in [5, 5.41) is 0. The molecule has 0 aliphatic rings. The molecule has 0 aliphatic carbocycles. The molecule has 0 saturated carbocycles. The van der Waals surface area contributed by atoms with Crippen molar-refractivity contribution in [2.24, 2.45) is 0 Å². The van der Waals surface area contributed by atoms with Gasteiger partial charge in [-0.1, -0.05) is 0 Å². The molecule has 32 valence electrons. The van der Waals surface area contributed by atoms with Crippen molar-refractivity contribution in [2.75, 3.05) is 6.26 Å². The van der Waals surface area contributed by atoms with Crippen molar-refractivity contribution < 1.29 is 71.2 Å². The van der Waals surface area contributed by atoms with Crippen molar-refractivity contribution in [1.29, 1.82) is 0 Å². The minimum Gasteiger partial charge on any atom is -0.748 e. The summed E-state index contributed by atoms with van der Waals surface area (Å²) >= 11 is 0. The van der Waals surface area contributed by atoms with E-state index in [0.717, 1.165) is 0 Å². The molecule has 0 N–H and O–H groups in total. The summed E-state index contributed by atoms with van der Waals surface area (Å²) in [5.41, 5.74) is 0. The molecule has 0 radical (unpaired) electrons. The molecule has 0 atom stereocenters. The molecule has 0 aromatic heterocycles. The normalized spacial score (nSPS) is 9.67. The largest absolute Gasteiger partial charge is 1.00 e. The van der Waals surface area contributed by atoms with Gasteiger partial charge in [-0.05, 0) is 0 Å². The van der Waals surface area contributed by atoms with Crippen molar-refractivity contribution in [3.63, 3.8) is 0 Å². The molecule has 3 nitrogen and oxygen atoms in total. The van der Waals surface area contributed by atoms with E-state index in [1.807, 2.05) is 0 Å². The zero-order valence-corrected chi connectivity index (χ0v) is 9.37. The van der Waals surface area contributed by atoms with Crippen LogP contribution in [0.5, 0.6) is 0 Å². The Morgan fingerprint density at radius 3 is 1.50 bits per heavy atom. The van der Waals surface area contributed by atoms with Crippen LogP contribution in [-0.2, 0) is 10.1 Å². The minimum atomic E-state index is -3.92. The van der Waals surface area contributed by atoms with Crippen LogP contribution in [-0.4, -0.2) is 19.2 Å². The molecule has 0 rings (SSSR count). The molecule has 0 aromatic rings. The fourth-order valence-electron chi connectivity index (χ4n) is 0. The van der Waals surface area contributed by atoms with Crippen LogP contribution in [0, 0.1) is 0 Å². The fourth-order valence-corrected chi connectivity index (χ4v) is 0. The van der Waals surface area contributed by atoms with Crippen LogP contribution in [0.3, 0.4) is 0 Å². The molecule has 0 unspecified atom stereocenters. The van der Waals surface area contributed by atoms with Gasteiger partial charge in [-0.25, -0.2) is 8.42 Å². The van der Waals surface area contributed by atoms with Crippen LogP contribution in [0.15, 0.2) is 0 Å². The van der Waals surface area contributed by atoms with Gasteiger partial charge in [0.15, 0.2) is 0 Å². The molecule has 0 amide bonds. The first-order chi connectivity index (χ1) is 2.00. The second-order valence-corrected chi connectivity index (χ2v) is 2.11. The second kappa shape index (κ2) is 3.68. The molecule has 0 fully saturated rings. The average Bonchev–Trinajstić information content (AvgIpc) is 0.722. The summed E-state index contributed by atoms with van der Waals surface area (Å²) in [6.07, 6.45) is 0.604. The van der Waals surface area contributed by atoms with E-state index in [0.29, 0.717) is 6.26 Å². The van der Waals surface area contributed by atoms with E-state index >= 15 is 0 Å². The molecular formula is CH3O3RbS. The summed E-state index contributed by atoms with van der Waals surface area (Å²) in [4.78, 5) is 0. The first kappa shape index (κ1) is 10.7. The van der Waals surface area contributed by atoms with Crippen LogP contribution in [0.4, 0.5) is 0 Å². The predicted octanol–water partition coefficient (Wildman–Crippen LogP) is -3.83. The molecular weight excluding hydrogens is 178 g/mol. The standard InChI is InChI=1S/CH4O3S.Rb/c1-5(2,3)4;/h1H3,(H,2,3,4);/q;+1/p-1. The Bertz CT molecular complexity index is 94.0. The monoisotopic (exact) mass is 180 g/mol. The molecule has 0 bridgehead atoms. The van der Waals surface area contributed by atoms with Gasteiger partial charge in [-0.15, -0.1) is 0 Å². The van der Waals surface area contributed by atoms with E-state index < -0.39 is 10.1 Å². The maximum Gasteiger partial charge on any atom is 1.00 e. The van der Waals surface area contributed by atoms with Crippen molar-refractivity contribution in [3.05, 3.63) is 0 Å². The molecule has 0 aromatic carbocycles. The zero-order chi connectivity index (χ0) is 4.50. The van der Waals surface area contributed by atoms with Gasteiger partial charge in [-0.2, -0.15) is 0 Å². The summed E-state index contributed by atoms with van der Waals surface area (Å²) in [5.74, 6) is 0. The van der Waals surface area contributed by atoms with E-state index in [-0.39, 0.29) is 58.2 Å². The Labute approximate surface area is 85.7 Å². The Hall–Kier alpha value is 1.72. The van der Waals surface area contributed by atoms with Crippen molar-refractivity contribution in [2.45, 2.75) is 0 Å². The van der Waals surface area contributed by atoms with Crippen molar-refractivity contribution in [3.8, 4) is 0 Å². The molecule has 0 saturated heterocycles. The molecule has 5 heteroatoms. The second-order valence-electron chi connectivity index (χ2n) is 0.704. The third-order valence-corrected chi connectivity index (χ3v) is 0. The maximum absolute atomic E-state index is 9.08. The predicted molar refractivity (Wildman–Crippen MR) is 15.6 cm³/mol. The van der Waals surface area contributed by atoms with Crippen LogP contribution < -0.4 is 58.2 Å². The van der Waals surface area contributed by atoms with Crippen LogP contribution in [0.2, 0.25) is 0 Å². The molecule has 6 heavy (non-hydrogen) atoms. The first-order valence-corrected chi connectivity index (χ1v) is 2.72. The quantitative estimate of drug-likeness (QED) is 0.359. The summed E-state index contributed by atoms with van der Waals surface area (Å²) < 4.78 is 27.2. The third kappa shape index (κ3) is 43.2. The Morgan fingerprint density at radius 2 is 1.50 bits per heavy atom. The number of rotatable bonds is 0. The Morgan fingerprint density at radius 1 is 1.50 bits per heavy atom. The van der Waals surface area contributed by atoms with Gasteiger partial charge >= 0.3 is 58.2 Å². The van der Waals surface area contributed by atoms with E-state index in [4.69, 9.17) is 13.0 Å². The molecule has 0 aliphatic heterocycles. The van der Waals surface area contributed by atoms with Crippen molar-refractivity contribution >= 4 is 10.1 Å². The van der Waals surface area contributed by atoms with E-state index in [1.165, 1.54) is 0 Å². The van der Waals surface area contributed by atoms with Gasteiger partial charge in [0, 0.05) is 6.26 Å². The van der Waals surface area contributed by atoms with Gasteiger partial charge in [0.1, 0.15) is 0 Å². The minimum absolute atomic E-state index is 0. The molecule has 0 spiro atoms. The fraction of sp³-hybridized carbons (Fsp3) is 1.00. The first-order valence-electron chi connectivity index (χ1n) is 0.908. The van der Waals surface area contributed by atoms with Crippen LogP contribution in [0.1, 0.15) is 0 Å². The SMILES string of the molecule is CS(=O)(=O)[O-].[Rb+]. The van der Waals surface area contributed by atoms with Crippen molar-refractivity contribution in [1.82, 2.24) is 0 Å². The Balaban J connectivity index is 0. The number of hydrogen-bond acceptors (Lipinski definition) is 3. The van der Waals surface area contributed by atoms with Gasteiger partial charge < -0.3 is 4.55 Å². The zero-order valence-electron chi connectivity index (χ0n) is 3.63. The van der Waals surface area contributed by atoms with Gasteiger partial charge in [-0.3, -0.25) is 0 Å². The third-order valence-electron chi connectivity index (χ3n) is 0. The number of hydrogen-bond donors (Lipinski definition) is 0. The van der Waals surface area contributed by atoms with E-state index in [9.17, 15) is 0 Å². The topological polar surface area (TPSA) is 57.2 Å². The van der Waals surface area contributed by atoms with Gasteiger partial charge in [0.2, 0.25) is 0 Å².